The molecule has 82 valence electrons. The van der Waals surface area contributed by atoms with E-state index in [0.29, 0.717) is 4.90 Å². The van der Waals surface area contributed by atoms with Crippen LogP contribution in [0.3, 0.4) is 0 Å². The maximum Gasteiger partial charge on any atom is 0.329 e. The van der Waals surface area contributed by atoms with E-state index in [9.17, 15) is 22.4 Å². The molecular weight excluding hydrogens is 270 g/mol. The van der Waals surface area contributed by atoms with Crippen molar-refractivity contribution in [1.29, 1.82) is 0 Å². The van der Waals surface area contributed by atoms with Crippen LogP contribution in [0.4, 0.5) is 17.6 Å². The fourth-order valence-electron chi connectivity index (χ4n) is 1.18. The molecule has 0 radical (unpaired) electrons. The van der Waals surface area contributed by atoms with Gasteiger partial charge in [-0.25, -0.2) is 0 Å². The van der Waals surface area contributed by atoms with Gasteiger partial charge in [0.05, 0.1) is 13.1 Å². The van der Waals surface area contributed by atoms with Gasteiger partial charge in [-0.05, 0) is 0 Å². The van der Waals surface area contributed by atoms with Crippen LogP contribution in [0.25, 0.3) is 0 Å². The quantitative estimate of drug-likeness (QED) is 0.558. The van der Waals surface area contributed by atoms with Gasteiger partial charge in [-0.1, -0.05) is 15.9 Å². The first-order valence-corrected chi connectivity index (χ1v) is 5.02. The van der Waals surface area contributed by atoms with Crippen molar-refractivity contribution in [2.24, 2.45) is 0 Å². The summed E-state index contributed by atoms with van der Waals surface area (Å²) >= 11 is 2.93. The summed E-state index contributed by atoms with van der Waals surface area (Å²) in [5.41, 5.74) is 0. The zero-order valence-corrected chi connectivity index (χ0v) is 8.66. The Bertz CT molecular complexity index is 230. The third-order valence-electron chi connectivity index (χ3n) is 1.98. The molecule has 0 bridgehead atoms. The van der Waals surface area contributed by atoms with Crippen molar-refractivity contribution < 1.29 is 22.4 Å². The van der Waals surface area contributed by atoms with Gasteiger partial charge in [0.1, 0.15) is 0 Å². The number of carbonyl (C=O) groups excluding carboxylic acids is 1. The zero-order chi connectivity index (χ0) is 11.0. The van der Waals surface area contributed by atoms with Crippen LogP contribution in [0, 0.1) is 0 Å². The van der Waals surface area contributed by atoms with Crippen molar-refractivity contribution in [2.75, 3.05) is 18.4 Å². The summed E-state index contributed by atoms with van der Waals surface area (Å²) in [4.78, 5) is 11.6. The van der Waals surface area contributed by atoms with Gasteiger partial charge in [0.25, 0.3) is 0 Å². The van der Waals surface area contributed by atoms with Crippen LogP contribution in [-0.4, -0.2) is 41.1 Å². The SMILES string of the molecule is O=C(CCBr)N1CC(F)(F)C(F)(F)C1. The lowest BCUT2D eigenvalue weighted by Crippen LogP contribution is -2.38. The fourth-order valence-corrected chi connectivity index (χ4v) is 1.52. The number of halogens is 5. The van der Waals surface area contributed by atoms with Crippen LogP contribution in [0.1, 0.15) is 6.42 Å². The minimum atomic E-state index is -4.10. The standard InChI is InChI=1S/C7H8BrF4NO/c8-2-1-5(14)13-3-6(9,10)7(11,12)4-13/h1-4H2. The average Bonchev–Trinajstić information content (AvgIpc) is 2.22. The van der Waals surface area contributed by atoms with Crippen molar-refractivity contribution in [1.82, 2.24) is 4.90 Å². The van der Waals surface area contributed by atoms with Gasteiger partial charge in [0.15, 0.2) is 0 Å². The molecule has 0 aromatic carbocycles. The van der Waals surface area contributed by atoms with E-state index in [4.69, 9.17) is 0 Å². The average molecular weight is 278 g/mol. The Labute approximate surface area is 86.4 Å². The summed E-state index contributed by atoms with van der Waals surface area (Å²) in [5.74, 6) is -8.89. The molecule has 1 aliphatic rings. The number of nitrogens with zero attached hydrogens (tertiary/aromatic N) is 1. The summed E-state index contributed by atoms with van der Waals surface area (Å²) in [6.45, 7) is -2.38. The van der Waals surface area contributed by atoms with E-state index >= 15 is 0 Å². The molecule has 1 aliphatic heterocycles. The highest BCUT2D eigenvalue weighted by Gasteiger charge is 2.63. The van der Waals surface area contributed by atoms with E-state index in [1.807, 2.05) is 0 Å². The summed E-state index contributed by atoms with van der Waals surface area (Å²) < 4.78 is 50.5. The highest BCUT2D eigenvalue weighted by atomic mass is 79.9. The number of rotatable bonds is 2. The lowest BCUT2D eigenvalue weighted by atomic mass is 10.2. The van der Waals surface area contributed by atoms with Gasteiger partial charge >= 0.3 is 11.8 Å². The molecule has 7 heteroatoms. The van der Waals surface area contributed by atoms with Crippen LogP contribution in [0.15, 0.2) is 0 Å². The second-order valence-corrected chi connectivity index (χ2v) is 3.89. The van der Waals surface area contributed by atoms with E-state index in [1.54, 1.807) is 0 Å². The highest BCUT2D eigenvalue weighted by molar-refractivity contribution is 9.09. The van der Waals surface area contributed by atoms with Gasteiger partial charge in [-0.3, -0.25) is 4.79 Å². The largest absolute Gasteiger partial charge is 0.330 e. The molecule has 2 nitrogen and oxygen atoms in total. The van der Waals surface area contributed by atoms with E-state index < -0.39 is 30.8 Å². The number of hydrogen-bond acceptors (Lipinski definition) is 1. The van der Waals surface area contributed by atoms with Crippen LogP contribution >= 0.6 is 15.9 Å². The van der Waals surface area contributed by atoms with Gasteiger partial charge in [0, 0.05) is 11.8 Å². The zero-order valence-electron chi connectivity index (χ0n) is 7.07. The molecule has 14 heavy (non-hydrogen) atoms. The first-order valence-electron chi connectivity index (χ1n) is 3.89. The van der Waals surface area contributed by atoms with E-state index in [0.717, 1.165) is 0 Å². The molecule has 1 saturated heterocycles. The summed E-state index contributed by atoms with van der Waals surface area (Å²) in [6.07, 6.45) is -0.0494. The van der Waals surface area contributed by atoms with E-state index in [2.05, 4.69) is 15.9 Å². The number of hydrogen-bond donors (Lipinski definition) is 0. The van der Waals surface area contributed by atoms with Gasteiger partial charge in [-0.15, -0.1) is 0 Å². The lowest BCUT2D eigenvalue weighted by molar-refractivity contribution is -0.172. The maximum absolute atomic E-state index is 12.6. The molecule has 1 fully saturated rings. The predicted octanol–water partition coefficient (Wildman–Crippen LogP) is 1.88. The second kappa shape index (κ2) is 3.67. The predicted molar refractivity (Wildman–Crippen MR) is 44.9 cm³/mol. The third kappa shape index (κ3) is 2.02. The normalized spacial score (nSPS) is 23.9. The van der Waals surface area contributed by atoms with E-state index in [-0.39, 0.29) is 11.8 Å². The van der Waals surface area contributed by atoms with Crippen LogP contribution < -0.4 is 0 Å². The third-order valence-corrected chi connectivity index (χ3v) is 2.37. The number of carbonyl (C=O) groups is 1. The summed E-state index contributed by atoms with van der Waals surface area (Å²) in [5, 5.41) is 0.277. The lowest BCUT2D eigenvalue weighted by Gasteiger charge is -2.14. The van der Waals surface area contributed by atoms with E-state index in [1.165, 1.54) is 0 Å². The van der Waals surface area contributed by atoms with Crippen molar-refractivity contribution in [2.45, 2.75) is 18.3 Å². The minimum absolute atomic E-state index is 0.0494. The monoisotopic (exact) mass is 277 g/mol. The topological polar surface area (TPSA) is 20.3 Å². The highest BCUT2D eigenvalue weighted by Crippen LogP contribution is 2.40. The first kappa shape index (κ1) is 11.7. The Hall–Kier alpha value is -0.330. The molecule has 0 saturated carbocycles. The van der Waals surface area contributed by atoms with Gasteiger partial charge in [-0.2, -0.15) is 17.6 Å². The van der Waals surface area contributed by atoms with Gasteiger partial charge < -0.3 is 4.90 Å². The minimum Gasteiger partial charge on any atom is -0.330 e. The molecule has 1 rings (SSSR count). The number of likely N-dealkylation sites (tertiary alicyclic amines) is 1. The Morgan fingerprint density at radius 1 is 1.21 bits per heavy atom. The van der Waals surface area contributed by atoms with Crippen molar-refractivity contribution >= 4 is 21.8 Å². The Balaban J connectivity index is 2.68. The summed E-state index contributed by atoms with van der Waals surface area (Å²) in [6, 6.07) is 0. The van der Waals surface area contributed by atoms with Crippen molar-refractivity contribution in [3.8, 4) is 0 Å². The second-order valence-electron chi connectivity index (χ2n) is 3.10. The fraction of sp³-hybridized carbons (Fsp3) is 0.857. The van der Waals surface area contributed by atoms with Crippen molar-refractivity contribution in [3.05, 3.63) is 0 Å². The molecule has 0 aromatic rings. The molecule has 0 N–H and O–H groups in total. The molecule has 0 spiro atoms. The molecule has 1 heterocycles. The molecule has 0 unspecified atom stereocenters. The van der Waals surface area contributed by atoms with Gasteiger partial charge in [0.2, 0.25) is 5.91 Å². The maximum atomic E-state index is 12.6. The Kier molecular flexibility index (Phi) is 3.08. The van der Waals surface area contributed by atoms with Crippen LogP contribution in [-0.2, 0) is 4.79 Å². The molecule has 0 aliphatic carbocycles. The van der Waals surface area contributed by atoms with Crippen molar-refractivity contribution in [3.63, 3.8) is 0 Å². The smallest absolute Gasteiger partial charge is 0.329 e. The first-order chi connectivity index (χ1) is 6.30. The Morgan fingerprint density at radius 2 is 1.64 bits per heavy atom. The number of alkyl halides is 5. The van der Waals surface area contributed by atoms with Crippen LogP contribution in [0.2, 0.25) is 0 Å². The molecular formula is C7H8BrF4NO. The Morgan fingerprint density at radius 3 is 2.00 bits per heavy atom. The molecule has 1 amide bonds. The molecule has 0 atom stereocenters. The summed E-state index contributed by atoms with van der Waals surface area (Å²) in [7, 11) is 0. The molecule has 0 aromatic heterocycles. The number of amides is 1. The van der Waals surface area contributed by atoms with Crippen LogP contribution in [0.5, 0.6) is 0 Å².